The van der Waals surface area contributed by atoms with Crippen LogP contribution in [0.15, 0.2) is 35.3 Å². The molecule has 2 atom stereocenters. The molecule has 4 aliphatic heterocycles. The summed E-state index contributed by atoms with van der Waals surface area (Å²) in [6.07, 6.45) is 6.30. The normalized spacial score (nSPS) is 39.4. The van der Waals surface area contributed by atoms with Crippen molar-refractivity contribution in [1.29, 1.82) is 0 Å². The van der Waals surface area contributed by atoms with Crippen LogP contribution in [0.3, 0.4) is 0 Å². The van der Waals surface area contributed by atoms with E-state index < -0.39 is 5.60 Å². The molecule has 5 rings (SSSR count). The van der Waals surface area contributed by atoms with Crippen molar-refractivity contribution in [1.82, 2.24) is 9.62 Å². The number of nitrogens with one attached hydrogen (secondary N) is 1. The van der Waals surface area contributed by atoms with Gasteiger partial charge in [0.05, 0.1) is 11.1 Å². The van der Waals surface area contributed by atoms with Crippen LogP contribution in [-0.4, -0.2) is 40.8 Å². The Morgan fingerprint density at radius 3 is 2.61 bits per heavy atom. The van der Waals surface area contributed by atoms with E-state index in [0.29, 0.717) is 5.92 Å². The van der Waals surface area contributed by atoms with Crippen LogP contribution < -0.4 is 4.72 Å². The number of hydrogen-bond acceptors (Lipinski definition) is 5. The van der Waals surface area contributed by atoms with Gasteiger partial charge in [0.2, 0.25) is 0 Å². The van der Waals surface area contributed by atoms with Crippen molar-refractivity contribution in [3.05, 3.63) is 41.5 Å². The summed E-state index contributed by atoms with van der Waals surface area (Å²) in [7, 11) is 0. The van der Waals surface area contributed by atoms with E-state index in [9.17, 15) is 5.11 Å². The fourth-order valence-electron chi connectivity index (χ4n) is 3.86. The van der Waals surface area contributed by atoms with Crippen LogP contribution in [0, 0.1) is 5.92 Å². The van der Waals surface area contributed by atoms with Gasteiger partial charge in [0.25, 0.3) is 0 Å². The number of fused-ring (bicyclic) bond motifs is 3. The van der Waals surface area contributed by atoms with Crippen molar-refractivity contribution in [3.8, 4) is 0 Å². The van der Waals surface area contributed by atoms with Crippen LogP contribution in [0.2, 0.25) is 0 Å². The molecule has 0 amide bonds. The lowest BCUT2D eigenvalue weighted by molar-refractivity contribution is -0.0775. The minimum Gasteiger partial charge on any atom is -0.384 e. The Kier molecular flexibility index (Phi) is 3.84. The van der Waals surface area contributed by atoms with E-state index in [2.05, 4.69) is 51.9 Å². The molecule has 4 aliphatic rings. The zero-order chi connectivity index (χ0) is 15.9. The second kappa shape index (κ2) is 5.74. The lowest BCUT2D eigenvalue weighted by Crippen LogP contribution is -2.58. The first kappa shape index (κ1) is 15.4. The molecule has 3 fully saturated rings. The summed E-state index contributed by atoms with van der Waals surface area (Å²) < 4.78 is 3.31. The summed E-state index contributed by atoms with van der Waals surface area (Å²) in [6, 6.07) is 8.41. The Morgan fingerprint density at radius 2 is 2.04 bits per heavy atom. The largest absolute Gasteiger partial charge is 0.384 e. The van der Waals surface area contributed by atoms with E-state index in [4.69, 9.17) is 0 Å². The highest BCUT2D eigenvalue weighted by molar-refractivity contribution is 8.10. The smallest absolute Gasteiger partial charge is 0.143 e. The standard InChI is InChI=1S/C18H23N3OS/c1-17(19-13-23-20-17)15-4-2-14(3-5-15)6-9-18(22)12-21-10-7-16(18)8-11-21/h2-6,9,13,16,20,22H,7-8,10-12H2,1H3. The highest BCUT2D eigenvalue weighted by Crippen LogP contribution is 2.37. The summed E-state index contributed by atoms with van der Waals surface area (Å²) >= 11 is 1.52. The van der Waals surface area contributed by atoms with Gasteiger partial charge in [-0.25, -0.2) is 4.72 Å². The first-order valence-corrected chi connectivity index (χ1v) is 9.16. The van der Waals surface area contributed by atoms with Crippen LogP contribution in [-0.2, 0) is 5.66 Å². The number of hydrogen-bond donors (Lipinski definition) is 2. The van der Waals surface area contributed by atoms with Gasteiger partial charge in [-0.15, -0.1) is 0 Å². The van der Waals surface area contributed by atoms with E-state index in [1.54, 1.807) is 0 Å². The maximum Gasteiger partial charge on any atom is 0.143 e. The molecule has 1 aromatic carbocycles. The van der Waals surface area contributed by atoms with Crippen molar-refractivity contribution in [2.75, 3.05) is 19.6 Å². The van der Waals surface area contributed by atoms with Crippen LogP contribution in [0.4, 0.5) is 0 Å². The fourth-order valence-corrected chi connectivity index (χ4v) is 4.58. The minimum atomic E-state index is -0.658. The van der Waals surface area contributed by atoms with Gasteiger partial charge in [0.1, 0.15) is 5.66 Å². The summed E-state index contributed by atoms with van der Waals surface area (Å²) in [5.41, 5.74) is 3.13. The van der Waals surface area contributed by atoms with Gasteiger partial charge in [0.15, 0.2) is 0 Å². The average molecular weight is 329 g/mol. The zero-order valence-corrected chi connectivity index (χ0v) is 14.2. The number of aliphatic imine (C=N–C) groups is 1. The zero-order valence-electron chi connectivity index (χ0n) is 13.4. The molecule has 122 valence electrons. The summed E-state index contributed by atoms with van der Waals surface area (Å²) in [6.45, 7) is 5.13. The molecule has 2 unspecified atom stereocenters. The highest BCUT2D eigenvalue weighted by atomic mass is 32.2. The second-order valence-electron chi connectivity index (χ2n) is 7.02. The van der Waals surface area contributed by atoms with Gasteiger partial charge < -0.3 is 10.0 Å². The van der Waals surface area contributed by atoms with Crippen molar-refractivity contribution in [2.45, 2.75) is 31.0 Å². The van der Waals surface area contributed by atoms with Crippen LogP contribution in [0.1, 0.15) is 30.9 Å². The number of rotatable bonds is 3. The number of piperidine rings is 3. The quantitative estimate of drug-likeness (QED) is 0.837. The molecule has 5 heteroatoms. The van der Waals surface area contributed by atoms with Crippen molar-refractivity contribution in [2.24, 2.45) is 10.9 Å². The fraction of sp³-hybridized carbons (Fsp3) is 0.500. The molecule has 23 heavy (non-hydrogen) atoms. The Labute approximate surface area is 141 Å². The van der Waals surface area contributed by atoms with E-state index in [0.717, 1.165) is 43.6 Å². The minimum absolute atomic E-state index is 0.332. The molecule has 1 aromatic rings. The van der Waals surface area contributed by atoms with Gasteiger partial charge in [-0.2, -0.15) is 0 Å². The van der Waals surface area contributed by atoms with Gasteiger partial charge in [-0.1, -0.05) is 36.4 Å². The predicted octanol–water partition coefficient (Wildman–Crippen LogP) is 2.61. The number of aliphatic hydroxyl groups is 1. The summed E-state index contributed by atoms with van der Waals surface area (Å²) in [5, 5.41) is 10.9. The van der Waals surface area contributed by atoms with Crippen molar-refractivity contribution < 1.29 is 5.11 Å². The Morgan fingerprint density at radius 1 is 1.30 bits per heavy atom. The molecule has 0 aliphatic carbocycles. The van der Waals surface area contributed by atoms with Crippen LogP contribution in [0.25, 0.3) is 6.08 Å². The third kappa shape index (κ3) is 2.87. The molecular weight excluding hydrogens is 306 g/mol. The van der Waals surface area contributed by atoms with Crippen molar-refractivity contribution >= 4 is 23.6 Å². The third-order valence-electron chi connectivity index (χ3n) is 5.43. The van der Waals surface area contributed by atoms with E-state index in [1.807, 2.05) is 11.6 Å². The van der Waals surface area contributed by atoms with Crippen molar-refractivity contribution in [3.63, 3.8) is 0 Å². The van der Waals surface area contributed by atoms with E-state index >= 15 is 0 Å². The van der Waals surface area contributed by atoms with Gasteiger partial charge >= 0.3 is 0 Å². The number of benzene rings is 1. The Hall–Kier alpha value is -1.14. The van der Waals surface area contributed by atoms with Gasteiger partial charge in [-0.05, 0) is 61.8 Å². The summed E-state index contributed by atoms with van der Waals surface area (Å²) in [5.74, 6) is 0.413. The SMILES string of the molecule is CC1(c2ccc(C=CC3(O)CN4CCC3CC4)cc2)N=CSN1. The topological polar surface area (TPSA) is 47.9 Å². The molecule has 0 aromatic heterocycles. The Bertz CT molecular complexity index is 636. The predicted molar refractivity (Wildman–Crippen MR) is 96.2 cm³/mol. The molecular formula is C18H23N3OS. The molecule has 3 saturated heterocycles. The molecule has 0 spiro atoms. The van der Waals surface area contributed by atoms with Gasteiger partial charge in [0, 0.05) is 6.54 Å². The Balaban J connectivity index is 1.50. The van der Waals surface area contributed by atoms with Crippen LogP contribution in [0.5, 0.6) is 0 Å². The lowest BCUT2D eigenvalue weighted by Gasteiger charge is -2.49. The molecule has 4 nitrogen and oxygen atoms in total. The van der Waals surface area contributed by atoms with E-state index in [-0.39, 0.29) is 5.66 Å². The first-order valence-electron chi connectivity index (χ1n) is 8.28. The van der Waals surface area contributed by atoms with E-state index in [1.165, 1.54) is 11.9 Å². The lowest BCUT2D eigenvalue weighted by atomic mass is 9.75. The molecule has 2 bridgehead atoms. The molecule has 0 radical (unpaired) electrons. The monoisotopic (exact) mass is 329 g/mol. The molecule has 2 N–H and O–H groups in total. The van der Waals surface area contributed by atoms with Crippen LogP contribution >= 0.6 is 11.9 Å². The highest BCUT2D eigenvalue weighted by Gasteiger charge is 2.43. The second-order valence-corrected chi connectivity index (χ2v) is 7.67. The third-order valence-corrected chi connectivity index (χ3v) is 6.16. The number of nitrogens with zero attached hydrogens (tertiary/aromatic N) is 2. The molecule has 0 saturated carbocycles. The maximum atomic E-state index is 10.9. The average Bonchev–Trinajstić information content (AvgIpc) is 3.02. The summed E-state index contributed by atoms with van der Waals surface area (Å²) in [4.78, 5) is 6.86. The molecule has 4 heterocycles. The maximum absolute atomic E-state index is 10.9. The first-order chi connectivity index (χ1) is 11.1. The van der Waals surface area contributed by atoms with Gasteiger partial charge in [-0.3, -0.25) is 4.99 Å².